The molecule has 0 aliphatic heterocycles. The molecule has 4 aromatic rings. The molecular weight excluding hydrogens is 521 g/mol. The molecule has 0 spiro atoms. The van der Waals surface area contributed by atoms with Gasteiger partial charge in [-0.05, 0) is 47.2 Å². The van der Waals surface area contributed by atoms with Crippen LogP contribution in [0.1, 0.15) is 46.1 Å². The molecule has 7 nitrogen and oxygen atoms in total. The van der Waals surface area contributed by atoms with Crippen LogP contribution in [-0.4, -0.2) is 31.0 Å². The smallest absolute Gasteiger partial charge is 0.329 e. The average Bonchev–Trinajstić information content (AvgIpc) is 3.27. The molecule has 2 heterocycles. The van der Waals surface area contributed by atoms with Gasteiger partial charge in [-0.1, -0.05) is 12.0 Å². The number of anilines is 1. The van der Waals surface area contributed by atoms with Crippen LogP contribution in [0.5, 0.6) is 0 Å². The number of aromatic nitrogens is 5. The highest BCUT2D eigenvalue weighted by Crippen LogP contribution is 2.37. The lowest BCUT2D eigenvalue weighted by molar-refractivity contribution is -0.143. The van der Waals surface area contributed by atoms with E-state index < -0.39 is 41.6 Å². The summed E-state index contributed by atoms with van der Waals surface area (Å²) in [6.45, 7) is 0.886. The Morgan fingerprint density at radius 1 is 0.947 bits per heavy atom. The van der Waals surface area contributed by atoms with Crippen molar-refractivity contribution in [2.75, 3.05) is 4.90 Å². The summed E-state index contributed by atoms with van der Waals surface area (Å²) in [5, 5.41) is 12.1. The molecule has 0 radical (unpaired) electrons. The van der Waals surface area contributed by atoms with Crippen LogP contribution >= 0.6 is 0 Å². The number of ketones is 1. The number of pyridine rings is 1. The van der Waals surface area contributed by atoms with Crippen molar-refractivity contribution in [1.82, 2.24) is 25.2 Å². The lowest BCUT2D eigenvalue weighted by Crippen LogP contribution is -2.26. The monoisotopic (exact) mass is 540 g/mol. The second-order valence-electron chi connectivity index (χ2n) is 8.46. The van der Waals surface area contributed by atoms with Gasteiger partial charge >= 0.3 is 12.4 Å². The molecule has 38 heavy (non-hydrogen) atoms. The third-order valence-electron chi connectivity index (χ3n) is 5.61. The molecule has 0 N–H and O–H groups in total. The predicted molar refractivity (Wildman–Crippen MR) is 121 cm³/mol. The van der Waals surface area contributed by atoms with E-state index in [1.54, 1.807) is 13.0 Å². The van der Waals surface area contributed by atoms with Crippen molar-refractivity contribution in [2.45, 2.75) is 38.8 Å². The van der Waals surface area contributed by atoms with Crippen LogP contribution in [0.15, 0.2) is 42.5 Å². The van der Waals surface area contributed by atoms with Gasteiger partial charge in [0.2, 0.25) is 0 Å². The molecule has 0 bridgehead atoms. The number of carbonyl (C=O) groups is 1. The molecule has 14 heteroatoms. The highest BCUT2D eigenvalue weighted by Gasteiger charge is 2.37. The Morgan fingerprint density at radius 3 is 2.16 bits per heavy atom. The lowest BCUT2D eigenvalue weighted by Gasteiger charge is -2.23. The number of fused-ring (bicyclic) bond motifs is 1. The number of alkyl halides is 6. The minimum absolute atomic E-state index is 0.0143. The summed E-state index contributed by atoms with van der Waals surface area (Å²) in [5.41, 5.74) is -2.76. The first kappa shape index (κ1) is 26.9. The summed E-state index contributed by atoms with van der Waals surface area (Å²) < 4.78 is 94.2. The highest BCUT2D eigenvalue weighted by atomic mass is 19.4. The van der Waals surface area contributed by atoms with E-state index in [9.17, 15) is 35.5 Å². The molecule has 4 rings (SSSR count). The first-order valence-electron chi connectivity index (χ1n) is 11.1. The van der Waals surface area contributed by atoms with E-state index in [1.165, 1.54) is 24.1 Å². The zero-order valence-corrected chi connectivity index (χ0v) is 19.9. The third kappa shape index (κ3) is 5.89. The van der Waals surface area contributed by atoms with Crippen LogP contribution in [-0.2, 0) is 32.5 Å². The van der Waals surface area contributed by atoms with Gasteiger partial charge in [0, 0.05) is 36.5 Å². The summed E-state index contributed by atoms with van der Waals surface area (Å²) in [4.78, 5) is 19.3. The van der Waals surface area contributed by atoms with E-state index >= 15 is 0 Å². The number of tetrazole rings is 1. The van der Waals surface area contributed by atoms with Crippen LogP contribution in [0.3, 0.4) is 0 Å². The summed E-state index contributed by atoms with van der Waals surface area (Å²) in [5.74, 6) is -1.06. The average molecular weight is 540 g/mol. The predicted octanol–water partition coefficient (Wildman–Crippen LogP) is 5.73. The Kier molecular flexibility index (Phi) is 7.08. The number of nitrogens with zero attached hydrogens (tertiary/aromatic N) is 6. The van der Waals surface area contributed by atoms with Gasteiger partial charge in [0.15, 0.2) is 5.78 Å². The fourth-order valence-corrected chi connectivity index (χ4v) is 3.85. The molecular formula is C24H19F7N6O. The van der Waals surface area contributed by atoms with E-state index in [0.717, 1.165) is 10.9 Å². The molecule has 0 aliphatic carbocycles. The SMILES string of the molecule is CCC(=O)c1nc2cc(F)ccc2cc1CN(Cc1cc(C(F)(F)F)cc(C(F)(F)F)c1)c1nnn(C)n1. The van der Waals surface area contributed by atoms with Crippen molar-refractivity contribution in [1.29, 1.82) is 0 Å². The van der Waals surface area contributed by atoms with Crippen molar-refractivity contribution in [2.24, 2.45) is 7.05 Å². The standard InChI is InChI=1S/C24H19F7N6O/c1-3-20(38)21-15(8-14-4-5-18(25)10-19(14)32-21)12-37(22-33-35-36(2)34-22)11-13-6-16(23(26,27)28)9-17(7-13)24(29,30)31/h4-10H,3,11-12H2,1-2H3. The molecule has 0 saturated carbocycles. The van der Waals surface area contributed by atoms with E-state index in [2.05, 4.69) is 20.4 Å². The van der Waals surface area contributed by atoms with Crippen molar-refractivity contribution in [3.8, 4) is 0 Å². The Bertz CT molecular complexity index is 1460. The number of Topliss-reactive ketones (excluding diaryl/α,β-unsaturated/α-hetero) is 1. The zero-order chi connectivity index (χ0) is 27.8. The molecule has 0 amide bonds. The fourth-order valence-electron chi connectivity index (χ4n) is 3.85. The second-order valence-corrected chi connectivity index (χ2v) is 8.46. The quantitative estimate of drug-likeness (QED) is 0.220. The van der Waals surface area contributed by atoms with E-state index in [1.807, 2.05) is 0 Å². The second kappa shape index (κ2) is 9.99. The highest BCUT2D eigenvalue weighted by molar-refractivity contribution is 5.98. The van der Waals surface area contributed by atoms with Gasteiger partial charge in [-0.2, -0.15) is 31.1 Å². The third-order valence-corrected chi connectivity index (χ3v) is 5.61. The van der Waals surface area contributed by atoms with Gasteiger partial charge in [0.05, 0.1) is 23.7 Å². The molecule has 0 saturated heterocycles. The maximum absolute atomic E-state index is 13.7. The largest absolute Gasteiger partial charge is 0.416 e. The summed E-state index contributed by atoms with van der Waals surface area (Å²) >= 11 is 0. The maximum atomic E-state index is 13.7. The normalized spacial score (nSPS) is 12.2. The van der Waals surface area contributed by atoms with Crippen molar-refractivity contribution < 1.29 is 35.5 Å². The first-order valence-corrected chi connectivity index (χ1v) is 11.1. The van der Waals surface area contributed by atoms with Gasteiger partial charge in [-0.15, -0.1) is 5.10 Å². The van der Waals surface area contributed by atoms with Crippen molar-refractivity contribution in [3.05, 3.63) is 76.2 Å². The Balaban J connectivity index is 1.82. The number of hydrogen-bond acceptors (Lipinski definition) is 6. The topological polar surface area (TPSA) is 76.8 Å². The molecule has 0 aliphatic rings. The van der Waals surface area contributed by atoms with Gasteiger partial charge < -0.3 is 4.90 Å². The minimum atomic E-state index is -5.02. The van der Waals surface area contributed by atoms with Crippen LogP contribution in [0, 0.1) is 5.82 Å². The number of hydrogen-bond donors (Lipinski definition) is 0. The van der Waals surface area contributed by atoms with Crippen LogP contribution in [0.2, 0.25) is 0 Å². The Labute approximate surface area is 210 Å². The molecule has 0 atom stereocenters. The zero-order valence-electron chi connectivity index (χ0n) is 19.9. The molecule has 0 unspecified atom stereocenters. The van der Waals surface area contributed by atoms with E-state index in [0.29, 0.717) is 23.1 Å². The number of halogens is 7. The molecule has 2 aromatic carbocycles. The van der Waals surface area contributed by atoms with Gasteiger partial charge in [-0.3, -0.25) is 4.79 Å². The summed E-state index contributed by atoms with van der Waals surface area (Å²) in [6.07, 6.45) is -10.00. The number of rotatable bonds is 7. The number of benzene rings is 2. The van der Waals surface area contributed by atoms with E-state index in [-0.39, 0.29) is 41.8 Å². The number of aryl methyl sites for hydroxylation is 1. The summed E-state index contributed by atoms with van der Waals surface area (Å²) in [7, 11) is 1.43. The van der Waals surface area contributed by atoms with Crippen LogP contribution in [0.4, 0.5) is 36.7 Å². The summed E-state index contributed by atoms with van der Waals surface area (Å²) in [6, 6.07) is 6.60. The molecule has 2 aromatic heterocycles. The Hall–Kier alpha value is -4.10. The molecule has 0 fully saturated rings. The number of carbonyl (C=O) groups excluding carboxylic acids is 1. The van der Waals surface area contributed by atoms with Crippen LogP contribution in [0.25, 0.3) is 10.9 Å². The lowest BCUT2D eigenvalue weighted by atomic mass is 10.0. The van der Waals surface area contributed by atoms with Crippen molar-refractivity contribution in [3.63, 3.8) is 0 Å². The van der Waals surface area contributed by atoms with Gasteiger partial charge in [-0.25, -0.2) is 9.37 Å². The molecule has 200 valence electrons. The van der Waals surface area contributed by atoms with Crippen LogP contribution < -0.4 is 4.90 Å². The Morgan fingerprint density at radius 2 is 1.61 bits per heavy atom. The van der Waals surface area contributed by atoms with E-state index in [4.69, 9.17) is 0 Å². The fraction of sp³-hybridized carbons (Fsp3) is 0.292. The maximum Gasteiger partial charge on any atom is 0.416 e. The minimum Gasteiger partial charge on any atom is -0.329 e. The van der Waals surface area contributed by atoms with Gasteiger partial charge in [0.1, 0.15) is 11.5 Å². The van der Waals surface area contributed by atoms with Gasteiger partial charge in [0.25, 0.3) is 5.95 Å². The first-order chi connectivity index (χ1) is 17.7. The van der Waals surface area contributed by atoms with Crippen molar-refractivity contribution >= 4 is 22.6 Å².